The highest BCUT2D eigenvalue weighted by atomic mass is 16.6. The van der Waals surface area contributed by atoms with Crippen molar-refractivity contribution in [2.75, 3.05) is 13.1 Å². The molecule has 7 nitrogen and oxygen atoms in total. The van der Waals surface area contributed by atoms with Crippen LogP contribution in [-0.2, 0) is 19.7 Å². The van der Waals surface area contributed by atoms with Crippen molar-refractivity contribution >= 4 is 18.0 Å². The van der Waals surface area contributed by atoms with Crippen molar-refractivity contribution in [3.63, 3.8) is 0 Å². The van der Waals surface area contributed by atoms with Crippen molar-refractivity contribution in [1.29, 1.82) is 0 Å². The maximum atomic E-state index is 13.2. The molecule has 0 aliphatic carbocycles. The number of rotatable bonds is 6. The summed E-state index contributed by atoms with van der Waals surface area (Å²) < 4.78 is 5.32. The van der Waals surface area contributed by atoms with E-state index in [1.54, 1.807) is 49.9 Å². The third-order valence-corrected chi connectivity index (χ3v) is 5.80. The molecule has 1 N–H and O–H groups in total. The van der Waals surface area contributed by atoms with E-state index in [-0.39, 0.29) is 37.8 Å². The van der Waals surface area contributed by atoms with Crippen LogP contribution in [0.5, 0.6) is 0 Å². The number of carboxylic acids is 1. The Kier molecular flexibility index (Phi) is 7.50. The Morgan fingerprint density at radius 3 is 2.20 bits per heavy atom. The molecule has 1 aliphatic heterocycles. The van der Waals surface area contributed by atoms with Crippen LogP contribution < -0.4 is 10.4 Å². The van der Waals surface area contributed by atoms with Gasteiger partial charge in [-0.2, -0.15) is 0 Å². The van der Waals surface area contributed by atoms with Gasteiger partial charge < -0.3 is 24.9 Å². The highest BCUT2D eigenvalue weighted by Crippen LogP contribution is 2.35. The van der Waals surface area contributed by atoms with Crippen LogP contribution in [0.4, 0.5) is 4.79 Å². The fourth-order valence-electron chi connectivity index (χ4n) is 3.79. The summed E-state index contributed by atoms with van der Waals surface area (Å²) >= 11 is 0. The number of piperidine rings is 1. The lowest BCUT2D eigenvalue weighted by Gasteiger charge is -2.44. The first-order valence-corrected chi connectivity index (χ1v) is 10.6. The summed E-state index contributed by atoms with van der Waals surface area (Å²) in [5, 5.41) is 14.7. The average Bonchev–Trinajstić information content (AvgIpc) is 2.70. The van der Waals surface area contributed by atoms with E-state index >= 15 is 0 Å². The Hall–Kier alpha value is -2.57. The molecule has 2 atom stereocenters. The molecule has 30 heavy (non-hydrogen) atoms. The molecule has 0 radical (unpaired) electrons. The molecular weight excluding hydrogens is 384 g/mol. The number of amides is 2. The van der Waals surface area contributed by atoms with E-state index in [0.717, 1.165) is 0 Å². The normalized spacial score (nSPS) is 18.2. The summed E-state index contributed by atoms with van der Waals surface area (Å²) in [6, 6.07) is 8.31. The van der Waals surface area contributed by atoms with E-state index in [1.165, 1.54) is 0 Å². The molecule has 1 heterocycles. The van der Waals surface area contributed by atoms with Crippen LogP contribution in [0.3, 0.4) is 0 Å². The summed E-state index contributed by atoms with van der Waals surface area (Å²) in [5.41, 5.74) is -1.08. The van der Waals surface area contributed by atoms with Crippen LogP contribution in [0.2, 0.25) is 0 Å². The van der Waals surface area contributed by atoms with E-state index in [9.17, 15) is 19.5 Å². The van der Waals surface area contributed by atoms with Gasteiger partial charge >= 0.3 is 6.09 Å². The van der Waals surface area contributed by atoms with E-state index in [4.69, 9.17) is 4.74 Å². The number of nitrogens with zero attached hydrogens (tertiary/aromatic N) is 1. The lowest BCUT2D eigenvalue weighted by molar-refractivity contribution is -0.315. The predicted molar refractivity (Wildman–Crippen MR) is 112 cm³/mol. The molecule has 2 unspecified atom stereocenters. The maximum absolute atomic E-state index is 13.2. The smallest absolute Gasteiger partial charge is 0.408 e. The van der Waals surface area contributed by atoms with Gasteiger partial charge in [-0.1, -0.05) is 50.6 Å². The number of hydrogen-bond acceptors (Lipinski definition) is 5. The van der Waals surface area contributed by atoms with Gasteiger partial charge in [0.25, 0.3) is 0 Å². The quantitative estimate of drug-likeness (QED) is 0.765. The Bertz CT molecular complexity index is 749. The van der Waals surface area contributed by atoms with Gasteiger partial charge in [0.05, 0.1) is 5.97 Å². The first-order valence-electron chi connectivity index (χ1n) is 10.6. The fourth-order valence-corrected chi connectivity index (χ4v) is 3.79. The molecule has 0 bridgehead atoms. The minimum Gasteiger partial charge on any atom is -0.549 e. The molecule has 166 valence electrons. The minimum atomic E-state index is -1.12. The number of benzene rings is 1. The third kappa shape index (κ3) is 5.52. The van der Waals surface area contributed by atoms with E-state index < -0.39 is 29.1 Å². The third-order valence-electron chi connectivity index (χ3n) is 5.80. The Morgan fingerprint density at radius 1 is 1.17 bits per heavy atom. The maximum Gasteiger partial charge on any atom is 0.408 e. The second-order valence-corrected chi connectivity index (χ2v) is 9.07. The van der Waals surface area contributed by atoms with Crippen LogP contribution in [-0.4, -0.2) is 47.6 Å². The van der Waals surface area contributed by atoms with Gasteiger partial charge in [0.15, 0.2) is 0 Å². The highest BCUT2D eigenvalue weighted by Gasteiger charge is 2.41. The molecule has 1 aromatic rings. The minimum absolute atomic E-state index is 0.0908. The standard InChI is InChI=1S/C23H34N2O5/c1-6-16(2)18(24-21(29)30-22(3,4)5)19(26)25-14-12-23(13-15-25,20(27)28)17-10-8-7-9-11-17/h7-11,16,18H,6,12-15H2,1-5H3,(H,24,29)(H,27,28)/p-1. The number of nitrogens with one attached hydrogen (secondary N) is 1. The SMILES string of the molecule is CCC(C)C(NC(=O)OC(C)(C)C)C(=O)N1CCC(C(=O)[O-])(c2ccccc2)CC1. The molecule has 0 saturated carbocycles. The molecular formula is C23H33N2O5-. The zero-order valence-corrected chi connectivity index (χ0v) is 18.6. The summed E-state index contributed by atoms with van der Waals surface area (Å²) in [7, 11) is 0. The number of carboxylic acid groups (broad SMARTS) is 1. The van der Waals surface area contributed by atoms with Crippen LogP contribution >= 0.6 is 0 Å². The molecule has 2 rings (SSSR count). The Labute approximate surface area is 178 Å². The lowest BCUT2D eigenvalue weighted by Crippen LogP contribution is -2.58. The summed E-state index contributed by atoms with van der Waals surface area (Å²) in [5.74, 6) is -1.42. The Morgan fingerprint density at radius 2 is 1.73 bits per heavy atom. The van der Waals surface area contributed by atoms with Gasteiger partial charge in [-0.15, -0.1) is 0 Å². The van der Waals surface area contributed by atoms with Gasteiger partial charge in [0, 0.05) is 18.5 Å². The second-order valence-electron chi connectivity index (χ2n) is 9.07. The van der Waals surface area contributed by atoms with Crippen molar-refractivity contribution in [2.45, 2.75) is 70.9 Å². The van der Waals surface area contributed by atoms with Crippen molar-refractivity contribution in [1.82, 2.24) is 10.2 Å². The van der Waals surface area contributed by atoms with Crippen molar-refractivity contribution < 1.29 is 24.2 Å². The molecule has 1 aromatic carbocycles. The molecule has 0 spiro atoms. The van der Waals surface area contributed by atoms with Crippen LogP contribution in [0, 0.1) is 5.92 Å². The first kappa shape index (κ1) is 23.7. The van der Waals surface area contributed by atoms with E-state index in [2.05, 4.69) is 5.32 Å². The lowest BCUT2D eigenvalue weighted by atomic mass is 9.72. The van der Waals surface area contributed by atoms with Crippen molar-refractivity contribution in [3.05, 3.63) is 35.9 Å². The van der Waals surface area contributed by atoms with Gasteiger partial charge in [-0.05, 0) is 45.1 Å². The number of alkyl carbamates (subject to hydrolysis) is 1. The van der Waals surface area contributed by atoms with Crippen molar-refractivity contribution in [3.8, 4) is 0 Å². The molecule has 1 aliphatic rings. The van der Waals surface area contributed by atoms with Crippen LogP contribution in [0.1, 0.15) is 59.4 Å². The topological polar surface area (TPSA) is 98.8 Å². The van der Waals surface area contributed by atoms with Gasteiger partial charge in [-0.3, -0.25) is 4.79 Å². The van der Waals surface area contributed by atoms with Gasteiger partial charge in [0.2, 0.25) is 5.91 Å². The number of hydrogen-bond donors (Lipinski definition) is 1. The zero-order chi connectivity index (χ0) is 22.5. The zero-order valence-electron chi connectivity index (χ0n) is 18.6. The molecule has 2 amide bonds. The number of aliphatic carboxylic acids is 1. The molecule has 7 heteroatoms. The first-order chi connectivity index (χ1) is 14.0. The predicted octanol–water partition coefficient (Wildman–Crippen LogP) is 2.24. The Balaban J connectivity index is 2.13. The van der Waals surface area contributed by atoms with Crippen molar-refractivity contribution in [2.24, 2.45) is 5.92 Å². The van der Waals surface area contributed by atoms with Crippen LogP contribution in [0.25, 0.3) is 0 Å². The number of ether oxygens (including phenoxy) is 1. The van der Waals surface area contributed by atoms with Crippen LogP contribution in [0.15, 0.2) is 30.3 Å². The summed E-state index contributed by atoms with van der Waals surface area (Å²) in [6.07, 6.45) is 0.606. The average molecular weight is 418 g/mol. The van der Waals surface area contributed by atoms with Gasteiger partial charge in [0.1, 0.15) is 11.6 Å². The molecule has 0 aromatic heterocycles. The van der Waals surface area contributed by atoms with E-state index in [0.29, 0.717) is 12.0 Å². The summed E-state index contributed by atoms with van der Waals surface area (Å²) in [4.78, 5) is 39.1. The molecule has 1 fully saturated rings. The number of carbonyl (C=O) groups excluding carboxylic acids is 3. The largest absolute Gasteiger partial charge is 0.549 e. The molecule has 1 saturated heterocycles. The highest BCUT2D eigenvalue weighted by molar-refractivity contribution is 5.87. The summed E-state index contributed by atoms with van der Waals surface area (Å²) in [6.45, 7) is 9.71. The number of likely N-dealkylation sites (tertiary alicyclic amines) is 1. The second kappa shape index (κ2) is 9.49. The fraction of sp³-hybridized carbons (Fsp3) is 0.609. The number of carbonyl (C=O) groups is 3. The monoisotopic (exact) mass is 417 g/mol. The van der Waals surface area contributed by atoms with E-state index in [1.807, 2.05) is 19.9 Å². The van der Waals surface area contributed by atoms with Gasteiger partial charge in [-0.25, -0.2) is 4.79 Å².